The molecule has 0 aromatic heterocycles. The SMILES string of the molecule is CSc1cccc(N2C(=O)N(Cc3cc(C)ccc3C)C3CS(=O)(=O)CC32)c1. The van der Waals surface area contributed by atoms with Gasteiger partial charge in [0, 0.05) is 17.1 Å². The molecule has 0 bridgehead atoms. The van der Waals surface area contributed by atoms with Gasteiger partial charge in [-0.3, -0.25) is 4.90 Å². The van der Waals surface area contributed by atoms with Crippen LogP contribution in [-0.4, -0.2) is 49.2 Å². The van der Waals surface area contributed by atoms with E-state index >= 15 is 0 Å². The van der Waals surface area contributed by atoms with E-state index in [1.807, 2.05) is 56.5 Å². The van der Waals surface area contributed by atoms with Crippen LogP contribution in [0.2, 0.25) is 0 Å². The van der Waals surface area contributed by atoms with Gasteiger partial charge in [-0.15, -0.1) is 11.8 Å². The summed E-state index contributed by atoms with van der Waals surface area (Å²) in [5, 5.41) is 0. The molecule has 7 heteroatoms. The monoisotopic (exact) mass is 416 g/mol. The zero-order chi connectivity index (χ0) is 20.1. The minimum absolute atomic E-state index is 0.0240. The minimum atomic E-state index is -3.17. The van der Waals surface area contributed by atoms with Gasteiger partial charge in [-0.25, -0.2) is 13.2 Å². The van der Waals surface area contributed by atoms with Gasteiger partial charge in [-0.2, -0.15) is 0 Å². The van der Waals surface area contributed by atoms with E-state index in [2.05, 4.69) is 6.07 Å². The van der Waals surface area contributed by atoms with Crippen LogP contribution in [0, 0.1) is 13.8 Å². The van der Waals surface area contributed by atoms with E-state index < -0.39 is 9.84 Å². The number of hydrogen-bond donors (Lipinski definition) is 0. The molecule has 2 atom stereocenters. The zero-order valence-corrected chi connectivity index (χ0v) is 17.9. The number of sulfone groups is 1. The van der Waals surface area contributed by atoms with E-state index in [9.17, 15) is 13.2 Å². The van der Waals surface area contributed by atoms with Gasteiger partial charge in [-0.1, -0.05) is 29.8 Å². The van der Waals surface area contributed by atoms with E-state index in [0.717, 1.165) is 27.3 Å². The maximum Gasteiger partial charge on any atom is 0.325 e. The van der Waals surface area contributed by atoms with Gasteiger partial charge in [0.25, 0.3) is 0 Å². The van der Waals surface area contributed by atoms with Crippen molar-refractivity contribution in [2.45, 2.75) is 37.4 Å². The summed E-state index contributed by atoms with van der Waals surface area (Å²) < 4.78 is 24.8. The van der Waals surface area contributed by atoms with Crippen molar-refractivity contribution in [3.8, 4) is 0 Å². The zero-order valence-electron chi connectivity index (χ0n) is 16.3. The molecule has 2 saturated heterocycles. The molecule has 4 rings (SSSR count). The molecule has 0 N–H and O–H groups in total. The molecule has 2 amide bonds. The second kappa shape index (κ2) is 7.12. The molecule has 2 unspecified atom stereocenters. The predicted molar refractivity (Wildman–Crippen MR) is 114 cm³/mol. The number of fused-ring (bicyclic) bond motifs is 1. The summed E-state index contributed by atoms with van der Waals surface area (Å²) in [5.41, 5.74) is 4.08. The van der Waals surface area contributed by atoms with Crippen LogP contribution in [0.1, 0.15) is 16.7 Å². The largest absolute Gasteiger partial charge is 0.325 e. The molecule has 5 nitrogen and oxygen atoms in total. The number of urea groups is 1. The van der Waals surface area contributed by atoms with Gasteiger partial charge in [-0.05, 0) is 49.4 Å². The third kappa shape index (κ3) is 3.42. The Hall–Kier alpha value is -1.99. The average Bonchev–Trinajstić information content (AvgIpc) is 3.08. The molecule has 0 aliphatic carbocycles. The quantitative estimate of drug-likeness (QED) is 0.564. The minimum Gasteiger partial charge on any atom is -0.314 e. The van der Waals surface area contributed by atoms with Gasteiger partial charge in [0.1, 0.15) is 0 Å². The first-order chi connectivity index (χ1) is 13.3. The van der Waals surface area contributed by atoms with Crippen molar-refractivity contribution in [3.63, 3.8) is 0 Å². The molecular weight excluding hydrogens is 392 g/mol. The summed E-state index contributed by atoms with van der Waals surface area (Å²) >= 11 is 1.61. The molecule has 2 aromatic rings. The number of aryl methyl sites for hydroxylation is 2. The van der Waals surface area contributed by atoms with Crippen LogP contribution < -0.4 is 4.90 Å². The molecular formula is C21H24N2O3S2. The van der Waals surface area contributed by atoms with Crippen molar-refractivity contribution in [2.24, 2.45) is 0 Å². The molecule has 0 spiro atoms. The Balaban J connectivity index is 1.73. The van der Waals surface area contributed by atoms with E-state index in [0.29, 0.717) is 6.54 Å². The standard InChI is InChI=1S/C21H24N2O3S2/c1-14-7-8-15(2)16(9-14)11-22-19-12-28(25,26)13-20(19)23(21(22)24)17-5-4-6-18(10-17)27-3/h4-10,19-20H,11-13H2,1-3H3. The summed E-state index contributed by atoms with van der Waals surface area (Å²) in [6, 6.07) is 13.2. The number of amides is 2. The first kappa shape index (κ1) is 19.3. The fraction of sp³-hybridized carbons (Fsp3) is 0.381. The Morgan fingerprint density at radius 1 is 1.07 bits per heavy atom. The molecule has 2 heterocycles. The van der Waals surface area contributed by atoms with Crippen molar-refractivity contribution < 1.29 is 13.2 Å². The number of hydrogen-bond acceptors (Lipinski definition) is 4. The smallest absolute Gasteiger partial charge is 0.314 e. The third-order valence-electron chi connectivity index (χ3n) is 5.65. The van der Waals surface area contributed by atoms with E-state index in [1.165, 1.54) is 0 Å². The average molecular weight is 417 g/mol. The Morgan fingerprint density at radius 3 is 2.57 bits per heavy atom. The van der Waals surface area contributed by atoms with Crippen molar-refractivity contribution in [1.29, 1.82) is 0 Å². The van der Waals surface area contributed by atoms with Gasteiger partial charge >= 0.3 is 6.03 Å². The van der Waals surface area contributed by atoms with Crippen LogP contribution in [0.3, 0.4) is 0 Å². The molecule has 2 aliphatic heterocycles. The summed E-state index contributed by atoms with van der Waals surface area (Å²) in [7, 11) is -3.17. The van der Waals surface area contributed by atoms with Crippen molar-refractivity contribution in [2.75, 3.05) is 22.7 Å². The Morgan fingerprint density at radius 2 is 1.82 bits per heavy atom. The predicted octanol–water partition coefficient (Wildman–Crippen LogP) is 3.63. The van der Waals surface area contributed by atoms with Gasteiger partial charge in [0.15, 0.2) is 9.84 Å². The van der Waals surface area contributed by atoms with Crippen LogP contribution in [0.15, 0.2) is 47.4 Å². The Kier molecular flexibility index (Phi) is 4.91. The van der Waals surface area contributed by atoms with Crippen LogP contribution in [0.5, 0.6) is 0 Å². The van der Waals surface area contributed by atoms with Crippen molar-refractivity contribution >= 4 is 33.3 Å². The highest BCUT2D eigenvalue weighted by Crippen LogP contribution is 2.37. The highest BCUT2D eigenvalue weighted by atomic mass is 32.2. The lowest BCUT2D eigenvalue weighted by Crippen LogP contribution is -2.37. The normalized spacial score (nSPS) is 23.3. The lowest BCUT2D eigenvalue weighted by atomic mass is 10.0. The summed E-state index contributed by atoms with van der Waals surface area (Å²) in [6.07, 6.45) is 1.99. The second-order valence-electron chi connectivity index (χ2n) is 7.62. The maximum atomic E-state index is 13.4. The summed E-state index contributed by atoms with van der Waals surface area (Å²) in [4.78, 5) is 17.9. The summed E-state index contributed by atoms with van der Waals surface area (Å²) in [6.45, 7) is 4.48. The number of anilines is 1. The van der Waals surface area contributed by atoms with Crippen LogP contribution in [0.4, 0.5) is 10.5 Å². The first-order valence-electron chi connectivity index (χ1n) is 9.29. The fourth-order valence-corrected chi connectivity index (χ4v) is 6.58. The third-order valence-corrected chi connectivity index (χ3v) is 8.08. The maximum absolute atomic E-state index is 13.4. The molecule has 28 heavy (non-hydrogen) atoms. The molecule has 2 fully saturated rings. The number of benzene rings is 2. The highest BCUT2D eigenvalue weighted by Gasteiger charge is 2.53. The van der Waals surface area contributed by atoms with Crippen molar-refractivity contribution in [1.82, 2.24) is 4.90 Å². The molecule has 0 radical (unpaired) electrons. The van der Waals surface area contributed by atoms with E-state index in [4.69, 9.17) is 0 Å². The van der Waals surface area contributed by atoms with E-state index in [1.54, 1.807) is 21.6 Å². The summed E-state index contributed by atoms with van der Waals surface area (Å²) in [5.74, 6) is 0.0587. The lowest BCUT2D eigenvalue weighted by Gasteiger charge is -2.23. The topological polar surface area (TPSA) is 57.7 Å². The Bertz CT molecular complexity index is 1040. The fourth-order valence-electron chi connectivity index (χ4n) is 4.18. The number of carbonyl (C=O) groups is 1. The highest BCUT2D eigenvalue weighted by molar-refractivity contribution is 7.98. The molecule has 148 valence electrons. The van der Waals surface area contributed by atoms with E-state index in [-0.39, 0.29) is 29.6 Å². The van der Waals surface area contributed by atoms with Crippen LogP contribution in [0.25, 0.3) is 0 Å². The molecule has 0 saturated carbocycles. The van der Waals surface area contributed by atoms with Gasteiger partial charge in [0.05, 0.1) is 23.6 Å². The first-order valence-corrected chi connectivity index (χ1v) is 12.3. The lowest BCUT2D eigenvalue weighted by molar-refractivity contribution is 0.205. The second-order valence-corrected chi connectivity index (χ2v) is 10.7. The van der Waals surface area contributed by atoms with Gasteiger partial charge < -0.3 is 4.90 Å². The van der Waals surface area contributed by atoms with Crippen molar-refractivity contribution in [3.05, 3.63) is 59.2 Å². The number of nitrogens with zero attached hydrogens (tertiary/aromatic N) is 2. The molecule has 2 aromatic carbocycles. The van der Waals surface area contributed by atoms with Gasteiger partial charge in [0.2, 0.25) is 0 Å². The number of rotatable bonds is 4. The Labute approximate surface area is 170 Å². The van der Waals surface area contributed by atoms with Crippen LogP contribution >= 0.6 is 11.8 Å². The number of thioether (sulfide) groups is 1. The van der Waals surface area contributed by atoms with Crippen LogP contribution in [-0.2, 0) is 16.4 Å². The number of carbonyl (C=O) groups excluding carboxylic acids is 1. The molecule has 2 aliphatic rings.